The van der Waals surface area contributed by atoms with Crippen molar-refractivity contribution in [1.29, 1.82) is 0 Å². The number of hydrogen-bond donors (Lipinski definition) is 1. The lowest BCUT2D eigenvalue weighted by Crippen LogP contribution is -2.31. The molecule has 6 heteroatoms. The second-order valence-corrected chi connectivity index (χ2v) is 7.32. The average Bonchev–Trinajstić information content (AvgIpc) is 3.10. The number of anilines is 1. The van der Waals surface area contributed by atoms with Gasteiger partial charge >= 0.3 is 0 Å². The van der Waals surface area contributed by atoms with E-state index < -0.39 is 6.04 Å². The van der Waals surface area contributed by atoms with Crippen molar-refractivity contribution in [2.45, 2.75) is 32.2 Å². The summed E-state index contributed by atoms with van der Waals surface area (Å²) in [6.45, 7) is 2.02. The first kappa shape index (κ1) is 16.9. The summed E-state index contributed by atoms with van der Waals surface area (Å²) in [7, 11) is 0. The molecule has 0 saturated heterocycles. The second-order valence-electron chi connectivity index (χ2n) is 7.32. The summed E-state index contributed by atoms with van der Waals surface area (Å²) in [6.07, 6.45) is 2.08. The quantitative estimate of drug-likeness (QED) is 0.722. The van der Waals surface area contributed by atoms with Gasteiger partial charge in [0.25, 0.3) is 0 Å². The van der Waals surface area contributed by atoms with E-state index in [1.54, 1.807) is 10.7 Å². The Morgan fingerprint density at radius 3 is 2.82 bits per heavy atom. The Morgan fingerprint density at radius 1 is 1.14 bits per heavy atom. The smallest absolute Gasteiger partial charge is 0.226 e. The largest absolute Gasteiger partial charge is 0.328 e. The van der Waals surface area contributed by atoms with Crippen LogP contribution in [0, 0.1) is 12.7 Å². The third-order valence-electron chi connectivity index (χ3n) is 5.31. The predicted molar refractivity (Wildman–Crippen MR) is 104 cm³/mol. The molecule has 2 aliphatic rings. The molecular formula is C22H19FN4O. The molecule has 3 aromatic rings. The molecule has 1 N–H and O–H groups in total. The lowest BCUT2D eigenvalue weighted by molar-refractivity contribution is -0.116. The SMILES string of the molecule is Cc1cccc(-c2nc3n(n2)C(c2cccc(F)c2)C2=C(CCCC2=O)N3)c1. The Bertz CT molecular complexity index is 1130. The van der Waals surface area contributed by atoms with Gasteiger partial charge in [0.1, 0.15) is 11.9 Å². The van der Waals surface area contributed by atoms with Crippen molar-refractivity contribution in [1.82, 2.24) is 14.8 Å². The van der Waals surface area contributed by atoms with Gasteiger partial charge in [-0.15, -0.1) is 5.10 Å². The Balaban J connectivity index is 1.69. The van der Waals surface area contributed by atoms with Gasteiger partial charge in [0.2, 0.25) is 5.95 Å². The predicted octanol–water partition coefficient (Wildman–Crippen LogP) is 4.41. The van der Waals surface area contributed by atoms with E-state index >= 15 is 0 Å². The number of allylic oxidation sites excluding steroid dienone is 2. The number of benzene rings is 2. The molecule has 5 nitrogen and oxygen atoms in total. The number of fused-ring (bicyclic) bond motifs is 1. The van der Waals surface area contributed by atoms with E-state index in [0.29, 0.717) is 29.3 Å². The number of carbonyl (C=O) groups is 1. The van der Waals surface area contributed by atoms with E-state index in [4.69, 9.17) is 5.10 Å². The highest BCUT2D eigenvalue weighted by Gasteiger charge is 2.37. The zero-order valence-corrected chi connectivity index (χ0v) is 15.4. The molecular weight excluding hydrogens is 355 g/mol. The number of nitrogens with zero attached hydrogens (tertiary/aromatic N) is 3. The summed E-state index contributed by atoms with van der Waals surface area (Å²) >= 11 is 0. The summed E-state index contributed by atoms with van der Waals surface area (Å²) in [5.74, 6) is 0.919. The lowest BCUT2D eigenvalue weighted by Gasteiger charge is -2.32. The van der Waals surface area contributed by atoms with Crippen LogP contribution >= 0.6 is 0 Å². The van der Waals surface area contributed by atoms with Gasteiger partial charge in [-0.3, -0.25) is 4.79 Å². The van der Waals surface area contributed by atoms with Gasteiger partial charge in [0.15, 0.2) is 11.6 Å². The van der Waals surface area contributed by atoms with Crippen molar-refractivity contribution in [2.75, 3.05) is 5.32 Å². The molecule has 1 aliphatic heterocycles. The van der Waals surface area contributed by atoms with Gasteiger partial charge < -0.3 is 5.32 Å². The molecule has 0 radical (unpaired) electrons. The Hall–Kier alpha value is -3.28. The molecule has 140 valence electrons. The zero-order chi connectivity index (χ0) is 19.3. The van der Waals surface area contributed by atoms with E-state index in [9.17, 15) is 9.18 Å². The van der Waals surface area contributed by atoms with Crippen LogP contribution in [0.5, 0.6) is 0 Å². The molecule has 0 saturated carbocycles. The van der Waals surface area contributed by atoms with Crippen LogP contribution in [0.1, 0.15) is 36.4 Å². The van der Waals surface area contributed by atoms with Gasteiger partial charge in [0, 0.05) is 23.3 Å². The van der Waals surface area contributed by atoms with Gasteiger partial charge in [-0.05, 0) is 43.5 Å². The number of rotatable bonds is 2. The molecule has 1 unspecified atom stereocenters. The highest BCUT2D eigenvalue weighted by molar-refractivity contribution is 5.99. The van der Waals surface area contributed by atoms with Gasteiger partial charge in [-0.25, -0.2) is 9.07 Å². The number of hydrogen-bond acceptors (Lipinski definition) is 4. The highest BCUT2D eigenvalue weighted by atomic mass is 19.1. The highest BCUT2D eigenvalue weighted by Crippen LogP contribution is 2.40. The summed E-state index contributed by atoms with van der Waals surface area (Å²) in [4.78, 5) is 17.5. The Morgan fingerprint density at radius 2 is 2.00 bits per heavy atom. The standard InChI is InChI=1S/C22H19FN4O/c1-13-5-2-7-15(11-13)21-25-22-24-17-9-4-10-18(28)19(17)20(27(22)26-21)14-6-3-8-16(23)12-14/h2-3,5-8,11-12,20H,4,9-10H2,1H3,(H,24,25,26). The first-order chi connectivity index (χ1) is 13.6. The van der Waals surface area contributed by atoms with Gasteiger partial charge in [-0.2, -0.15) is 4.98 Å². The van der Waals surface area contributed by atoms with Crippen molar-refractivity contribution >= 4 is 11.7 Å². The third kappa shape index (κ3) is 2.72. The molecule has 1 aliphatic carbocycles. The molecule has 5 rings (SSSR count). The van der Waals surface area contributed by atoms with Gasteiger partial charge in [0.05, 0.1) is 0 Å². The van der Waals surface area contributed by atoms with Crippen LogP contribution in [0.15, 0.2) is 59.8 Å². The number of ketones is 1. The molecule has 28 heavy (non-hydrogen) atoms. The number of nitrogens with one attached hydrogen (secondary N) is 1. The molecule has 0 bridgehead atoms. The second kappa shape index (κ2) is 6.41. The number of aryl methyl sites for hydroxylation is 1. The minimum atomic E-state index is -0.471. The van der Waals surface area contributed by atoms with E-state index in [1.165, 1.54) is 12.1 Å². The lowest BCUT2D eigenvalue weighted by atomic mass is 9.85. The first-order valence-electron chi connectivity index (χ1n) is 9.42. The maximum atomic E-state index is 14.0. The fourth-order valence-corrected chi connectivity index (χ4v) is 4.05. The molecule has 0 amide bonds. The summed E-state index contributed by atoms with van der Waals surface area (Å²) in [5.41, 5.74) is 4.27. The van der Waals surface area contributed by atoms with Crippen LogP contribution in [0.25, 0.3) is 11.4 Å². The zero-order valence-electron chi connectivity index (χ0n) is 15.4. The number of carbonyl (C=O) groups excluding carboxylic acids is 1. The molecule has 1 aromatic heterocycles. The van der Waals surface area contributed by atoms with E-state index in [-0.39, 0.29) is 11.6 Å². The summed E-state index contributed by atoms with van der Waals surface area (Å²) in [6, 6.07) is 13.9. The summed E-state index contributed by atoms with van der Waals surface area (Å²) in [5, 5.41) is 8.01. The first-order valence-corrected chi connectivity index (χ1v) is 9.42. The summed E-state index contributed by atoms with van der Waals surface area (Å²) < 4.78 is 15.7. The fraction of sp³-hybridized carbons (Fsp3) is 0.227. The maximum absolute atomic E-state index is 14.0. The van der Waals surface area contributed by atoms with Crippen LogP contribution in [-0.2, 0) is 4.79 Å². The number of halogens is 1. The van der Waals surface area contributed by atoms with E-state index in [0.717, 1.165) is 29.7 Å². The molecule has 2 aromatic carbocycles. The Labute approximate surface area is 161 Å². The molecule has 0 spiro atoms. The van der Waals surface area contributed by atoms with Crippen molar-refractivity contribution < 1.29 is 9.18 Å². The molecule has 1 atom stereocenters. The van der Waals surface area contributed by atoms with E-state index in [1.807, 2.05) is 37.3 Å². The van der Waals surface area contributed by atoms with Crippen LogP contribution in [-0.4, -0.2) is 20.5 Å². The normalized spacial score (nSPS) is 18.5. The monoisotopic (exact) mass is 374 g/mol. The van der Waals surface area contributed by atoms with Crippen LogP contribution < -0.4 is 5.32 Å². The Kier molecular flexibility index (Phi) is 3.86. The van der Waals surface area contributed by atoms with Gasteiger partial charge in [-0.1, -0.05) is 35.9 Å². The van der Waals surface area contributed by atoms with Crippen molar-refractivity contribution in [2.24, 2.45) is 0 Å². The van der Waals surface area contributed by atoms with Crippen molar-refractivity contribution in [3.05, 3.63) is 76.7 Å². The maximum Gasteiger partial charge on any atom is 0.226 e. The fourth-order valence-electron chi connectivity index (χ4n) is 4.05. The number of Topliss-reactive ketones (excluding diaryl/α,β-unsaturated/α-hetero) is 1. The average molecular weight is 374 g/mol. The third-order valence-corrected chi connectivity index (χ3v) is 5.31. The van der Waals surface area contributed by atoms with Crippen LogP contribution in [0.2, 0.25) is 0 Å². The molecule has 0 fully saturated rings. The van der Waals surface area contributed by atoms with Crippen molar-refractivity contribution in [3.8, 4) is 11.4 Å². The van der Waals surface area contributed by atoms with E-state index in [2.05, 4.69) is 10.3 Å². The van der Waals surface area contributed by atoms with Crippen molar-refractivity contribution in [3.63, 3.8) is 0 Å². The van der Waals surface area contributed by atoms with Crippen LogP contribution in [0.3, 0.4) is 0 Å². The number of aromatic nitrogens is 3. The minimum Gasteiger partial charge on any atom is -0.328 e. The molecule has 2 heterocycles. The minimum absolute atomic E-state index is 0.0845. The topological polar surface area (TPSA) is 59.8 Å². The van der Waals surface area contributed by atoms with Crippen LogP contribution in [0.4, 0.5) is 10.3 Å².